The first kappa shape index (κ1) is 22.4. The van der Waals surface area contributed by atoms with E-state index in [1.165, 1.54) is 9.87 Å². The smallest absolute Gasteiger partial charge is 0.243 e. The van der Waals surface area contributed by atoms with Crippen LogP contribution in [0, 0.1) is 0 Å². The second-order valence-corrected chi connectivity index (χ2v) is 10.9. The molecule has 5 rings (SSSR count). The molecule has 5 nitrogen and oxygen atoms in total. The second kappa shape index (κ2) is 9.47. The molecule has 0 aromatic heterocycles. The SMILES string of the molecule is O=S(=O)(c1ccc2c(c1)CCC2)N1CCOc2ccc(COCc3ccc(Cl)cc3)cc2C1. The molecule has 172 valence electrons. The molecular formula is C26H26ClNO4S. The Morgan fingerprint density at radius 2 is 1.64 bits per heavy atom. The van der Waals surface area contributed by atoms with E-state index in [1.54, 1.807) is 6.07 Å². The Balaban J connectivity index is 1.30. The van der Waals surface area contributed by atoms with Gasteiger partial charge in [-0.05, 0) is 77.9 Å². The van der Waals surface area contributed by atoms with Gasteiger partial charge in [-0.1, -0.05) is 35.9 Å². The van der Waals surface area contributed by atoms with Crippen molar-refractivity contribution in [2.24, 2.45) is 0 Å². The van der Waals surface area contributed by atoms with Crippen LogP contribution in [-0.4, -0.2) is 25.9 Å². The maximum Gasteiger partial charge on any atom is 0.243 e. The largest absolute Gasteiger partial charge is 0.492 e. The summed E-state index contributed by atoms with van der Waals surface area (Å²) in [7, 11) is -3.61. The minimum absolute atomic E-state index is 0.278. The van der Waals surface area contributed by atoms with Gasteiger partial charge in [0.15, 0.2) is 0 Å². The molecule has 0 radical (unpaired) electrons. The maximum absolute atomic E-state index is 13.4. The van der Waals surface area contributed by atoms with Gasteiger partial charge in [-0.2, -0.15) is 4.31 Å². The molecule has 7 heteroatoms. The highest BCUT2D eigenvalue weighted by Crippen LogP contribution is 2.30. The van der Waals surface area contributed by atoms with Gasteiger partial charge in [-0.3, -0.25) is 0 Å². The fourth-order valence-electron chi connectivity index (χ4n) is 4.44. The highest BCUT2D eigenvalue weighted by atomic mass is 35.5. The van der Waals surface area contributed by atoms with Gasteiger partial charge in [0.05, 0.1) is 18.1 Å². The lowest BCUT2D eigenvalue weighted by Gasteiger charge is -2.20. The van der Waals surface area contributed by atoms with Gasteiger partial charge in [-0.15, -0.1) is 0 Å². The van der Waals surface area contributed by atoms with Crippen molar-refractivity contribution in [3.63, 3.8) is 0 Å². The number of hydrogen-bond acceptors (Lipinski definition) is 4. The molecule has 0 amide bonds. The number of nitrogens with zero attached hydrogens (tertiary/aromatic N) is 1. The summed E-state index contributed by atoms with van der Waals surface area (Å²) in [4.78, 5) is 0.369. The average molecular weight is 484 g/mol. The predicted molar refractivity (Wildman–Crippen MR) is 128 cm³/mol. The summed E-state index contributed by atoms with van der Waals surface area (Å²) in [5, 5.41) is 0.698. The molecule has 1 aliphatic carbocycles. The van der Waals surface area contributed by atoms with Crippen LogP contribution in [-0.2, 0) is 47.4 Å². The molecule has 2 aliphatic rings. The zero-order chi connectivity index (χ0) is 22.8. The summed E-state index contributed by atoms with van der Waals surface area (Å²) in [6, 6.07) is 19.0. The third kappa shape index (κ3) is 4.94. The van der Waals surface area contributed by atoms with Crippen molar-refractivity contribution in [1.82, 2.24) is 4.31 Å². The van der Waals surface area contributed by atoms with E-state index >= 15 is 0 Å². The minimum Gasteiger partial charge on any atom is -0.492 e. The summed E-state index contributed by atoms with van der Waals surface area (Å²) in [6.07, 6.45) is 3.07. The minimum atomic E-state index is -3.61. The molecule has 1 heterocycles. The molecule has 1 aliphatic heterocycles. The second-order valence-electron chi connectivity index (χ2n) is 8.53. The van der Waals surface area contributed by atoms with Gasteiger partial charge < -0.3 is 9.47 Å². The van der Waals surface area contributed by atoms with Gasteiger partial charge in [0, 0.05) is 23.7 Å². The number of benzene rings is 3. The molecule has 0 bridgehead atoms. The average Bonchev–Trinajstić information content (AvgIpc) is 3.18. The Bertz CT molecular complexity index is 1260. The van der Waals surface area contributed by atoms with Crippen molar-refractivity contribution in [1.29, 1.82) is 0 Å². The highest BCUT2D eigenvalue weighted by Gasteiger charge is 2.29. The quantitative estimate of drug-likeness (QED) is 0.487. The van der Waals surface area contributed by atoms with E-state index in [0.29, 0.717) is 36.3 Å². The van der Waals surface area contributed by atoms with E-state index in [9.17, 15) is 8.42 Å². The van der Waals surface area contributed by atoms with Crippen molar-refractivity contribution < 1.29 is 17.9 Å². The zero-order valence-corrected chi connectivity index (χ0v) is 19.9. The predicted octanol–water partition coefficient (Wildman–Crippen LogP) is 5.13. The molecule has 0 saturated heterocycles. The number of halogens is 1. The van der Waals surface area contributed by atoms with E-state index < -0.39 is 10.0 Å². The Labute approximate surface area is 200 Å². The monoisotopic (exact) mass is 483 g/mol. The summed E-state index contributed by atoms with van der Waals surface area (Å²) in [5.74, 6) is 0.725. The highest BCUT2D eigenvalue weighted by molar-refractivity contribution is 7.89. The van der Waals surface area contributed by atoms with Gasteiger partial charge in [-0.25, -0.2) is 8.42 Å². The van der Waals surface area contributed by atoms with E-state index in [0.717, 1.165) is 47.3 Å². The third-order valence-corrected chi connectivity index (χ3v) is 8.32. The summed E-state index contributed by atoms with van der Waals surface area (Å²) < 4.78 is 40.1. The Kier molecular flexibility index (Phi) is 6.43. The summed E-state index contributed by atoms with van der Waals surface area (Å²) in [5.41, 5.74) is 5.29. The molecular weight excluding hydrogens is 458 g/mol. The molecule has 0 spiro atoms. The van der Waals surface area contributed by atoms with Crippen molar-refractivity contribution in [2.45, 2.75) is 43.9 Å². The Hall–Kier alpha value is -2.38. The van der Waals surface area contributed by atoms with Crippen LogP contribution in [0.25, 0.3) is 0 Å². The van der Waals surface area contributed by atoms with E-state index in [1.807, 2.05) is 54.6 Å². The van der Waals surface area contributed by atoms with E-state index in [4.69, 9.17) is 21.1 Å². The van der Waals surface area contributed by atoms with Crippen molar-refractivity contribution in [2.75, 3.05) is 13.2 Å². The molecule has 33 heavy (non-hydrogen) atoms. The summed E-state index contributed by atoms with van der Waals surface area (Å²) >= 11 is 5.93. The molecule has 0 unspecified atom stereocenters. The van der Waals surface area contributed by atoms with Crippen molar-refractivity contribution >= 4 is 21.6 Å². The molecule has 0 fully saturated rings. The Morgan fingerprint density at radius 3 is 2.48 bits per heavy atom. The lowest BCUT2D eigenvalue weighted by Crippen LogP contribution is -2.32. The third-order valence-electron chi connectivity index (χ3n) is 6.23. The van der Waals surface area contributed by atoms with Gasteiger partial charge in [0.2, 0.25) is 10.0 Å². The van der Waals surface area contributed by atoms with E-state index in [2.05, 4.69) is 0 Å². The normalized spacial score (nSPS) is 16.0. The number of rotatable bonds is 6. The van der Waals surface area contributed by atoms with Gasteiger partial charge >= 0.3 is 0 Å². The van der Waals surface area contributed by atoms with Crippen LogP contribution in [0.5, 0.6) is 5.75 Å². The standard InChI is InChI=1S/C26H26ClNO4S/c27-24-8-4-19(5-9-24)17-31-18-20-6-11-26-23(14-20)16-28(12-13-32-26)33(29,30)25-10-7-21-2-1-3-22(21)15-25/h4-11,14-15H,1-3,12-13,16-18H2. The number of aryl methyl sites for hydroxylation is 2. The van der Waals surface area contributed by atoms with Crippen LogP contribution in [0.1, 0.15) is 34.2 Å². The first-order chi connectivity index (χ1) is 16.0. The molecule has 3 aromatic rings. The van der Waals surface area contributed by atoms with E-state index in [-0.39, 0.29) is 6.54 Å². The van der Waals surface area contributed by atoms with Crippen LogP contribution < -0.4 is 4.74 Å². The number of fused-ring (bicyclic) bond motifs is 2. The Morgan fingerprint density at radius 1 is 0.879 bits per heavy atom. The van der Waals surface area contributed by atoms with Gasteiger partial charge in [0.25, 0.3) is 0 Å². The van der Waals surface area contributed by atoms with Crippen LogP contribution in [0.15, 0.2) is 65.6 Å². The lowest BCUT2D eigenvalue weighted by atomic mass is 10.1. The molecule has 0 saturated carbocycles. The van der Waals surface area contributed by atoms with Crippen LogP contribution in [0.3, 0.4) is 0 Å². The fourth-order valence-corrected chi connectivity index (χ4v) is 6.02. The van der Waals surface area contributed by atoms with Crippen LogP contribution in [0.4, 0.5) is 0 Å². The maximum atomic E-state index is 13.4. The number of sulfonamides is 1. The number of ether oxygens (including phenoxy) is 2. The lowest BCUT2D eigenvalue weighted by molar-refractivity contribution is 0.107. The summed E-state index contributed by atoms with van der Waals surface area (Å²) in [6.45, 7) is 1.82. The van der Waals surface area contributed by atoms with Gasteiger partial charge in [0.1, 0.15) is 12.4 Å². The first-order valence-corrected chi connectivity index (χ1v) is 13.0. The molecule has 0 atom stereocenters. The zero-order valence-electron chi connectivity index (χ0n) is 18.3. The van der Waals surface area contributed by atoms with Crippen LogP contribution in [0.2, 0.25) is 5.02 Å². The molecule has 0 N–H and O–H groups in total. The first-order valence-electron chi connectivity index (χ1n) is 11.2. The van der Waals surface area contributed by atoms with Crippen LogP contribution >= 0.6 is 11.6 Å². The fraction of sp³-hybridized carbons (Fsp3) is 0.308. The molecule has 3 aromatic carbocycles. The van der Waals surface area contributed by atoms with Crippen molar-refractivity contribution in [3.05, 3.63) is 93.5 Å². The van der Waals surface area contributed by atoms with Crippen molar-refractivity contribution in [3.8, 4) is 5.75 Å². The number of hydrogen-bond donors (Lipinski definition) is 0. The topological polar surface area (TPSA) is 55.8 Å².